The Labute approximate surface area is 138 Å². The smallest absolute Gasteiger partial charge is 0.241 e. The largest absolute Gasteiger partial charge is 0.473 e. The predicted molar refractivity (Wildman–Crippen MR) is 90.0 cm³/mol. The maximum atomic E-state index is 6.24. The van der Waals surface area contributed by atoms with Crippen LogP contribution in [0.15, 0.2) is 23.8 Å². The van der Waals surface area contributed by atoms with Crippen LogP contribution in [-0.4, -0.2) is 38.8 Å². The molecule has 120 valence electrons. The van der Waals surface area contributed by atoms with E-state index in [1.165, 1.54) is 0 Å². The van der Waals surface area contributed by atoms with Gasteiger partial charge in [0.2, 0.25) is 5.88 Å². The number of fused-ring (bicyclic) bond motifs is 1. The molecule has 6 nitrogen and oxygen atoms in total. The van der Waals surface area contributed by atoms with Crippen molar-refractivity contribution in [3.05, 3.63) is 28.8 Å². The number of aryl methyl sites for hydroxylation is 1. The van der Waals surface area contributed by atoms with Gasteiger partial charge in [-0.3, -0.25) is 0 Å². The van der Waals surface area contributed by atoms with Crippen molar-refractivity contribution in [1.82, 2.24) is 24.9 Å². The van der Waals surface area contributed by atoms with Crippen molar-refractivity contribution < 1.29 is 4.74 Å². The van der Waals surface area contributed by atoms with Crippen molar-refractivity contribution in [2.24, 2.45) is 0 Å². The number of hydrogen-bond acceptors (Lipinski definition) is 6. The van der Waals surface area contributed by atoms with E-state index in [1.54, 1.807) is 17.5 Å². The van der Waals surface area contributed by atoms with Gasteiger partial charge in [-0.2, -0.15) is 5.10 Å². The highest BCUT2D eigenvalue weighted by atomic mass is 32.1. The Hall–Kier alpha value is -1.99. The van der Waals surface area contributed by atoms with Crippen molar-refractivity contribution in [2.75, 3.05) is 13.1 Å². The molecule has 0 aliphatic carbocycles. The molecule has 0 radical (unpaired) electrons. The molecule has 0 amide bonds. The lowest BCUT2D eigenvalue weighted by molar-refractivity contribution is 0.182. The van der Waals surface area contributed by atoms with E-state index in [-0.39, 0.29) is 6.10 Å². The molecule has 0 aromatic carbocycles. The van der Waals surface area contributed by atoms with Gasteiger partial charge >= 0.3 is 0 Å². The molecule has 0 unspecified atom stereocenters. The fraction of sp³-hybridized carbons (Fsp3) is 0.438. The third-order valence-electron chi connectivity index (χ3n) is 4.04. The van der Waals surface area contributed by atoms with Gasteiger partial charge in [0.05, 0.1) is 17.4 Å². The summed E-state index contributed by atoms with van der Waals surface area (Å²) in [6, 6.07) is 1.94. The first-order valence-electron chi connectivity index (χ1n) is 7.94. The first kappa shape index (κ1) is 14.6. The van der Waals surface area contributed by atoms with Gasteiger partial charge in [0.1, 0.15) is 23.0 Å². The van der Waals surface area contributed by atoms with Crippen molar-refractivity contribution in [3.8, 4) is 17.3 Å². The zero-order valence-corrected chi connectivity index (χ0v) is 13.8. The number of nitrogens with one attached hydrogen (secondary N) is 1. The maximum absolute atomic E-state index is 6.24. The third kappa shape index (κ3) is 3.07. The molecule has 23 heavy (non-hydrogen) atoms. The highest BCUT2D eigenvalue weighted by Crippen LogP contribution is 2.26. The first-order valence-corrected chi connectivity index (χ1v) is 8.82. The SMILES string of the molecule is Cc1nc(-c2cn3nccc3c(O[C@@H]3CCCNCC3)n2)cs1. The van der Waals surface area contributed by atoms with Crippen LogP contribution in [0.25, 0.3) is 16.9 Å². The lowest BCUT2D eigenvalue weighted by atomic mass is 10.1. The van der Waals surface area contributed by atoms with Gasteiger partial charge in [-0.1, -0.05) is 0 Å². The molecular weight excluding hydrogens is 310 g/mol. The molecule has 3 aromatic heterocycles. The molecule has 1 N–H and O–H groups in total. The Kier molecular flexibility index (Phi) is 3.97. The number of thiazole rings is 1. The van der Waals surface area contributed by atoms with Crippen LogP contribution in [0.5, 0.6) is 5.88 Å². The summed E-state index contributed by atoms with van der Waals surface area (Å²) in [4.78, 5) is 9.25. The van der Waals surface area contributed by atoms with Crippen LogP contribution in [0.4, 0.5) is 0 Å². The Morgan fingerprint density at radius 2 is 2.22 bits per heavy atom. The normalized spacial score (nSPS) is 18.9. The van der Waals surface area contributed by atoms with Crippen LogP contribution in [0.2, 0.25) is 0 Å². The molecule has 1 aliphatic rings. The average molecular weight is 329 g/mol. The summed E-state index contributed by atoms with van der Waals surface area (Å²) < 4.78 is 8.06. The van der Waals surface area contributed by atoms with Crippen LogP contribution < -0.4 is 10.1 Å². The molecular formula is C16H19N5OS. The zero-order valence-electron chi connectivity index (χ0n) is 13.0. The molecule has 0 bridgehead atoms. The van der Waals surface area contributed by atoms with E-state index < -0.39 is 0 Å². The van der Waals surface area contributed by atoms with Gasteiger partial charge in [0, 0.05) is 5.38 Å². The summed E-state index contributed by atoms with van der Waals surface area (Å²) in [7, 11) is 0. The van der Waals surface area contributed by atoms with Gasteiger partial charge in [0.25, 0.3) is 0 Å². The monoisotopic (exact) mass is 329 g/mol. The van der Waals surface area contributed by atoms with Crippen molar-refractivity contribution in [2.45, 2.75) is 32.3 Å². The summed E-state index contributed by atoms with van der Waals surface area (Å²) in [5, 5.41) is 10.8. The number of hydrogen-bond donors (Lipinski definition) is 1. The summed E-state index contributed by atoms with van der Waals surface area (Å²) in [5.41, 5.74) is 2.57. The second kappa shape index (κ2) is 6.25. The van der Waals surface area contributed by atoms with Crippen LogP contribution in [-0.2, 0) is 0 Å². The molecule has 7 heteroatoms. The average Bonchev–Trinajstić information content (AvgIpc) is 3.11. The van der Waals surface area contributed by atoms with E-state index in [4.69, 9.17) is 9.72 Å². The molecule has 3 aromatic rings. The van der Waals surface area contributed by atoms with E-state index >= 15 is 0 Å². The molecule has 4 heterocycles. The van der Waals surface area contributed by atoms with Gasteiger partial charge in [-0.15, -0.1) is 11.3 Å². The number of nitrogens with zero attached hydrogens (tertiary/aromatic N) is 4. The van der Waals surface area contributed by atoms with E-state index in [9.17, 15) is 0 Å². The van der Waals surface area contributed by atoms with Gasteiger partial charge in [-0.05, 0) is 45.3 Å². The topological polar surface area (TPSA) is 64.3 Å². The van der Waals surface area contributed by atoms with E-state index in [2.05, 4.69) is 15.4 Å². The molecule has 1 aliphatic heterocycles. The fourth-order valence-corrected chi connectivity index (χ4v) is 3.46. The van der Waals surface area contributed by atoms with Crippen molar-refractivity contribution in [1.29, 1.82) is 0 Å². The van der Waals surface area contributed by atoms with E-state index in [0.717, 1.165) is 54.3 Å². The van der Waals surface area contributed by atoms with Crippen LogP contribution in [0.3, 0.4) is 0 Å². The molecule has 4 rings (SSSR count). The summed E-state index contributed by atoms with van der Waals surface area (Å²) in [5.74, 6) is 0.651. The van der Waals surface area contributed by atoms with Gasteiger partial charge < -0.3 is 10.1 Å². The highest BCUT2D eigenvalue weighted by molar-refractivity contribution is 7.09. The van der Waals surface area contributed by atoms with E-state index in [1.807, 2.05) is 29.1 Å². The van der Waals surface area contributed by atoms with Crippen LogP contribution in [0, 0.1) is 6.92 Å². The molecule has 1 atom stereocenters. The second-order valence-electron chi connectivity index (χ2n) is 5.76. The molecule has 1 saturated heterocycles. The Morgan fingerprint density at radius 1 is 1.26 bits per heavy atom. The first-order chi connectivity index (χ1) is 11.3. The summed E-state index contributed by atoms with van der Waals surface area (Å²) in [6.07, 6.45) is 7.06. The second-order valence-corrected chi connectivity index (χ2v) is 6.83. The molecule has 1 fully saturated rings. The minimum atomic E-state index is 0.198. The Bertz CT molecular complexity index is 804. The molecule has 0 saturated carbocycles. The zero-order chi connectivity index (χ0) is 15.6. The third-order valence-corrected chi connectivity index (χ3v) is 4.81. The predicted octanol–water partition coefficient (Wildman–Crippen LogP) is 2.68. The standard InChI is InChI=1S/C16H19N5OS/c1-11-19-14(10-23-11)13-9-21-15(5-8-18-21)16(20-13)22-12-3-2-6-17-7-4-12/h5,8-10,12,17H,2-4,6-7H2,1H3/t12-/m1/s1. The lowest BCUT2D eigenvalue weighted by Gasteiger charge is -2.17. The Balaban J connectivity index is 1.70. The summed E-state index contributed by atoms with van der Waals surface area (Å²) >= 11 is 1.62. The van der Waals surface area contributed by atoms with Crippen LogP contribution in [0.1, 0.15) is 24.3 Å². The summed E-state index contributed by atoms with van der Waals surface area (Å²) in [6.45, 7) is 4.05. The number of aromatic nitrogens is 4. The van der Waals surface area contributed by atoms with Gasteiger partial charge in [0.15, 0.2) is 0 Å². The molecule has 0 spiro atoms. The van der Waals surface area contributed by atoms with Crippen LogP contribution >= 0.6 is 11.3 Å². The number of ether oxygens (including phenoxy) is 1. The minimum absolute atomic E-state index is 0.198. The van der Waals surface area contributed by atoms with Crippen molar-refractivity contribution in [3.63, 3.8) is 0 Å². The Morgan fingerprint density at radius 3 is 3.09 bits per heavy atom. The number of rotatable bonds is 3. The quantitative estimate of drug-likeness (QED) is 0.800. The maximum Gasteiger partial charge on any atom is 0.241 e. The minimum Gasteiger partial charge on any atom is -0.473 e. The lowest BCUT2D eigenvalue weighted by Crippen LogP contribution is -2.20. The van der Waals surface area contributed by atoms with E-state index in [0.29, 0.717) is 5.88 Å². The highest BCUT2D eigenvalue weighted by Gasteiger charge is 2.18. The fourth-order valence-electron chi connectivity index (χ4n) is 2.85. The van der Waals surface area contributed by atoms with Gasteiger partial charge in [-0.25, -0.2) is 14.5 Å². The van der Waals surface area contributed by atoms with Crippen molar-refractivity contribution >= 4 is 16.9 Å².